The Morgan fingerprint density at radius 2 is 0.710 bits per heavy atom. The Balaban J connectivity index is 4.13. The number of quaternary nitrogens is 1. The van der Waals surface area contributed by atoms with Gasteiger partial charge in [-0.1, -0.05) is 245 Å². The monoisotopic (exact) mass is 881 g/mol. The van der Waals surface area contributed by atoms with Crippen LogP contribution in [0, 0.1) is 0 Å². The first-order valence-electron chi connectivity index (χ1n) is 27.1. The molecule has 0 aliphatic rings. The number of ether oxygens (including phenoxy) is 3. The average Bonchev–Trinajstić information content (AvgIpc) is 3.23. The van der Waals surface area contributed by atoms with Gasteiger partial charge in [0.1, 0.15) is 6.61 Å². The summed E-state index contributed by atoms with van der Waals surface area (Å²) < 4.78 is 17.4. The van der Waals surface area contributed by atoms with Crippen molar-refractivity contribution >= 4 is 17.9 Å². The van der Waals surface area contributed by atoms with Crippen molar-refractivity contribution in [1.82, 2.24) is 0 Å². The molecular formula is C54H106NO7+. The van der Waals surface area contributed by atoms with Gasteiger partial charge in [-0.25, -0.2) is 4.79 Å². The molecule has 0 aliphatic carbocycles. The summed E-state index contributed by atoms with van der Waals surface area (Å²) in [5.41, 5.74) is 0. The van der Waals surface area contributed by atoms with E-state index in [4.69, 9.17) is 14.2 Å². The molecule has 0 heterocycles. The van der Waals surface area contributed by atoms with Crippen molar-refractivity contribution in [2.24, 2.45) is 0 Å². The highest BCUT2D eigenvalue weighted by molar-refractivity contribution is 5.72. The third-order valence-corrected chi connectivity index (χ3v) is 12.8. The van der Waals surface area contributed by atoms with Gasteiger partial charge in [-0.2, -0.15) is 0 Å². The Hall–Kier alpha value is -1.67. The first kappa shape index (κ1) is 60.3. The number of carbonyl (C=O) groups is 3. The summed E-state index contributed by atoms with van der Waals surface area (Å²) in [5.74, 6) is -1.44. The van der Waals surface area contributed by atoms with Crippen LogP contribution in [0.25, 0.3) is 0 Å². The van der Waals surface area contributed by atoms with E-state index in [0.29, 0.717) is 19.3 Å². The van der Waals surface area contributed by atoms with E-state index < -0.39 is 18.1 Å². The Bertz CT molecular complexity index is 982. The number of unbranched alkanes of at least 4 members (excludes halogenated alkanes) is 36. The molecule has 0 saturated carbocycles. The molecule has 2 unspecified atom stereocenters. The largest absolute Gasteiger partial charge is 0.477 e. The lowest BCUT2D eigenvalue weighted by molar-refractivity contribution is -0.887. The molecule has 368 valence electrons. The molecule has 8 nitrogen and oxygen atoms in total. The van der Waals surface area contributed by atoms with Gasteiger partial charge in [0.05, 0.1) is 34.4 Å². The predicted octanol–water partition coefficient (Wildman–Crippen LogP) is 15.7. The Morgan fingerprint density at radius 3 is 1.00 bits per heavy atom. The molecule has 0 fully saturated rings. The number of carboxylic acids is 1. The van der Waals surface area contributed by atoms with Crippen LogP contribution >= 0.6 is 0 Å². The van der Waals surface area contributed by atoms with Crippen LogP contribution in [0.3, 0.4) is 0 Å². The number of hydrogen-bond donors (Lipinski definition) is 1. The van der Waals surface area contributed by atoms with E-state index in [9.17, 15) is 19.5 Å². The lowest BCUT2D eigenvalue weighted by Crippen LogP contribution is -2.50. The number of carboxylic acid groups (broad SMARTS) is 1. The van der Waals surface area contributed by atoms with Gasteiger partial charge >= 0.3 is 17.9 Å². The molecule has 0 bridgehead atoms. The smallest absolute Gasteiger partial charge is 0.362 e. The SMILES string of the molecule is CCCCCCCCCCCCCCCCCCCCCCCCC(=O)OCC(COCCC(C(=O)O)[N+](C)(C)C)OC(=O)CCCCCCCCCCCCCCCCCC. The maximum Gasteiger partial charge on any atom is 0.362 e. The number of nitrogens with zero attached hydrogens (tertiary/aromatic N) is 1. The second-order valence-corrected chi connectivity index (χ2v) is 19.9. The quantitative estimate of drug-likeness (QED) is 0.0369. The van der Waals surface area contributed by atoms with E-state index in [1.165, 1.54) is 205 Å². The van der Waals surface area contributed by atoms with Gasteiger partial charge in [0, 0.05) is 19.3 Å². The van der Waals surface area contributed by atoms with Crippen LogP contribution in [0.15, 0.2) is 0 Å². The first-order valence-corrected chi connectivity index (χ1v) is 27.1. The van der Waals surface area contributed by atoms with Crippen LogP contribution < -0.4 is 0 Å². The highest BCUT2D eigenvalue weighted by Crippen LogP contribution is 2.18. The fourth-order valence-corrected chi connectivity index (χ4v) is 8.57. The number of likely N-dealkylation sites (N-methyl/N-ethyl adjacent to an activating group) is 1. The maximum atomic E-state index is 12.8. The number of hydrogen-bond acceptors (Lipinski definition) is 6. The first-order chi connectivity index (χ1) is 30.1. The number of carbonyl (C=O) groups excluding carboxylic acids is 2. The van der Waals surface area contributed by atoms with Gasteiger partial charge in [0.2, 0.25) is 0 Å². The summed E-state index contributed by atoms with van der Waals surface area (Å²) in [7, 11) is 5.55. The summed E-state index contributed by atoms with van der Waals surface area (Å²) >= 11 is 0. The number of aliphatic carboxylic acids is 1. The molecular weight excluding hydrogens is 775 g/mol. The summed E-state index contributed by atoms with van der Waals surface area (Å²) in [6.45, 7) is 4.81. The average molecular weight is 881 g/mol. The van der Waals surface area contributed by atoms with Gasteiger partial charge in [-0.05, 0) is 12.8 Å². The normalized spacial score (nSPS) is 12.7. The van der Waals surface area contributed by atoms with Crippen molar-refractivity contribution in [1.29, 1.82) is 0 Å². The second-order valence-electron chi connectivity index (χ2n) is 19.9. The molecule has 0 saturated heterocycles. The fraction of sp³-hybridized carbons (Fsp3) is 0.944. The second kappa shape index (κ2) is 45.9. The van der Waals surface area contributed by atoms with Crippen LogP contribution in [0.2, 0.25) is 0 Å². The van der Waals surface area contributed by atoms with Crippen molar-refractivity contribution in [3.05, 3.63) is 0 Å². The molecule has 0 rings (SSSR count). The van der Waals surface area contributed by atoms with Crippen LogP contribution in [0.5, 0.6) is 0 Å². The summed E-state index contributed by atoms with van der Waals surface area (Å²) in [6, 6.07) is -0.609. The molecule has 0 aliphatic heterocycles. The van der Waals surface area contributed by atoms with Gasteiger partial charge in [-0.15, -0.1) is 0 Å². The highest BCUT2D eigenvalue weighted by Gasteiger charge is 2.31. The van der Waals surface area contributed by atoms with Crippen LogP contribution in [0.1, 0.15) is 277 Å². The zero-order valence-electron chi connectivity index (χ0n) is 42.1. The highest BCUT2D eigenvalue weighted by atomic mass is 16.6. The predicted molar refractivity (Wildman–Crippen MR) is 262 cm³/mol. The lowest BCUT2D eigenvalue weighted by Gasteiger charge is -2.31. The Kier molecular flexibility index (Phi) is 44.6. The minimum atomic E-state index is -0.868. The molecule has 0 amide bonds. The minimum Gasteiger partial charge on any atom is -0.477 e. The third-order valence-electron chi connectivity index (χ3n) is 12.8. The Morgan fingerprint density at radius 1 is 0.419 bits per heavy atom. The minimum absolute atomic E-state index is 0.0411. The fourth-order valence-electron chi connectivity index (χ4n) is 8.57. The molecule has 8 heteroatoms. The molecule has 0 spiro atoms. The van der Waals surface area contributed by atoms with Crippen LogP contribution in [0.4, 0.5) is 0 Å². The summed E-state index contributed by atoms with van der Waals surface area (Å²) in [6.07, 6.45) is 50.1. The van der Waals surface area contributed by atoms with Crippen molar-refractivity contribution in [2.75, 3.05) is 41.0 Å². The van der Waals surface area contributed by atoms with Gasteiger partial charge in [0.25, 0.3) is 0 Å². The molecule has 0 radical (unpaired) electrons. The Labute approximate surface area is 385 Å². The molecule has 0 aromatic carbocycles. The van der Waals surface area contributed by atoms with E-state index in [-0.39, 0.29) is 36.2 Å². The van der Waals surface area contributed by atoms with E-state index in [0.717, 1.165) is 38.5 Å². The molecule has 1 N–H and O–H groups in total. The molecule has 2 atom stereocenters. The summed E-state index contributed by atoms with van der Waals surface area (Å²) in [4.78, 5) is 37.2. The van der Waals surface area contributed by atoms with E-state index in [1.807, 2.05) is 21.1 Å². The number of esters is 2. The molecule has 0 aromatic rings. The zero-order chi connectivity index (χ0) is 45.6. The van der Waals surface area contributed by atoms with Crippen LogP contribution in [-0.2, 0) is 28.6 Å². The molecule has 0 aromatic heterocycles. The van der Waals surface area contributed by atoms with Gasteiger partial charge < -0.3 is 23.8 Å². The lowest BCUT2D eigenvalue weighted by atomic mass is 10.0. The van der Waals surface area contributed by atoms with Crippen molar-refractivity contribution in [2.45, 2.75) is 289 Å². The van der Waals surface area contributed by atoms with Gasteiger partial charge in [0.15, 0.2) is 12.1 Å². The number of rotatable bonds is 50. The molecule has 62 heavy (non-hydrogen) atoms. The summed E-state index contributed by atoms with van der Waals surface area (Å²) in [5, 5.41) is 9.66. The van der Waals surface area contributed by atoms with Gasteiger partial charge in [-0.3, -0.25) is 9.59 Å². The topological polar surface area (TPSA) is 99.1 Å². The van der Waals surface area contributed by atoms with Crippen molar-refractivity contribution in [3.8, 4) is 0 Å². The zero-order valence-corrected chi connectivity index (χ0v) is 42.1. The van der Waals surface area contributed by atoms with Crippen LogP contribution in [-0.4, -0.2) is 80.6 Å². The van der Waals surface area contributed by atoms with E-state index in [2.05, 4.69) is 13.8 Å². The van der Waals surface area contributed by atoms with Crippen molar-refractivity contribution in [3.63, 3.8) is 0 Å². The maximum absolute atomic E-state index is 12.8. The van der Waals surface area contributed by atoms with Crippen molar-refractivity contribution < 1.29 is 38.2 Å². The third kappa shape index (κ3) is 43.6. The standard InChI is InChI=1S/C54H105NO7/c1-6-8-10-12-14-16-18-20-22-24-25-26-27-28-29-31-32-34-36-38-40-42-44-52(56)61-49-50(48-60-47-46-51(54(58)59)55(3,4)5)62-53(57)45-43-41-39-37-35-33-30-23-21-19-17-15-13-11-9-7-2/h50-51H,6-49H2,1-5H3/p+1. The van der Waals surface area contributed by atoms with E-state index in [1.54, 1.807) is 0 Å². The van der Waals surface area contributed by atoms with E-state index >= 15 is 0 Å².